The first-order chi connectivity index (χ1) is 16.5. The van der Waals surface area contributed by atoms with Gasteiger partial charge < -0.3 is 14.8 Å². The van der Waals surface area contributed by atoms with E-state index in [2.05, 4.69) is 9.88 Å². The summed E-state index contributed by atoms with van der Waals surface area (Å²) in [7, 11) is 0. The Morgan fingerprint density at radius 2 is 1.91 bits per heavy atom. The zero-order valence-corrected chi connectivity index (χ0v) is 18.5. The van der Waals surface area contributed by atoms with Gasteiger partial charge in [0.1, 0.15) is 23.7 Å². The first kappa shape index (κ1) is 21.1. The van der Waals surface area contributed by atoms with Crippen LogP contribution in [0, 0.1) is 5.82 Å². The fourth-order valence-electron chi connectivity index (χ4n) is 5.46. The number of H-pyrrole nitrogens is 1. The van der Waals surface area contributed by atoms with Crippen LogP contribution in [0.2, 0.25) is 0 Å². The molecule has 0 saturated carbocycles. The van der Waals surface area contributed by atoms with Gasteiger partial charge in [0.25, 0.3) is 5.91 Å². The molecule has 2 aromatic carbocycles. The van der Waals surface area contributed by atoms with Gasteiger partial charge in [0.05, 0.1) is 13.2 Å². The fraction of sp³-hybridized carbons (Fsp3) is 0.360. The van der Waals surface area contributed by atoms with Crippen LogP contribution in [0.3, 0.4) is 0 Å². The number of nitrogens with one attached hydrogen (secondary N) is 1. The molecule has 0 aliphatic carbocycles. The summed E-state index contributed by atoms with van der Waals surface area (Å²) in [6, 6.07) is 9.63. The third kappa shape index (κ3) is 3.35. The van der Waals surface area contributed by atoms with Gasteiger partial charge in [-0.15, -0.1) is 0 Å². The van der Waals surface area contributed by atoms with Crippen molar-refractivity contribution in [1.29, 1.82) is 0 Å². The van der Waals surface area contributed by atoms with E-state index >= 15 is 0 Å². The maximum atomic E-state index is 14.1. The van der Waals surface area contributed by atoms with E-state index in [0.717, 1.165) is 29.9 Å². The number of phenols is 1. The number of fused-ring (bicyclic) bond motifs is 4. The van der Waals surface area contributed by atoms with Crippen LogP contribution in [0.5, 0.6) is 5.75 Å². The third-order valence-electron chi connectivity index (χ3n) is 7.12. The Morgan fingerprint density at radius 3 is 2.71 bits per heavy atom. The predicted octanol–water partition coefficient (Wildman–Crippen LogP) is 2.62. The Bertz CT molecular complexity index is 1290. The summed E-state index contributed by atoms with van der Waals surface area (Å²) < 4.78 is 19.5. The number of benzene rings is 2. The van der Waals surface area contributed by atoms with Crippen molar-refractivity contribution in [1.82, 2.24) is 19.7 Å². The highest BCUT2D eigenvalue weighted by Crippen LogP contribution is 2.44. The van der Waals surface area contributed by atoms with Gasteiger partial charge in [0.15, 0.2) is 0 Å². The highest BCUT2D eigenvalue weighted by Gasteiger charge is 2.52. The molecule has 3 aliphatic heterocycles. The number of nitrogens with zero attached hydrogens (tertiary/aromatic N) is 3. The van der Waals surface area contributed by atoms with Crippen molar-refractivity contribution < 1.29 is 23.8 Å². The van der Waals surface area contributed by atoms with Gasteiger partial charge >= 0.3 is 6.03 Å². The standard InChI is InChI=1S/C25H25FN4O4/c26-16-4-5-20-18(13-16)19-14-21-24(32)29(7-6-28-8-10-34-11-9-28)25(33)30(21)23(22(19)27-20)15-2-1-3-17(31)12-15/h1-5,12-13,21,23,27,31H,6-11,14H2. The minimum absolute atomic E-state index is 0.0745. The maximum Gasteiger partial charge on any atom is 0.328 e. The Labute approximate surface area is 195 Å². The molecule has 4 heterocycles. The number of morpholine rings is 1. The largest absolute Gasteiger partial charge is 0.508 e. The van der Waals surface area contributed by atoms with Crippen molar-refractivity contribution in [2.45, 2.75) is 18.5 Å². The van der Waals surface area contributed by atoms with E-state index in [9.17, 15) is 19.1 Å². The van der Waals surface area contributed by atoms with Gasteiger partial charge in [0, 0.05) is 49.2 Å². The molecule has 8 nitrogen and oxygen atoms in total. The average molecular weight is 464 g/mol. The van der Waals surface area contributed by atoms with E-state index in [1.54, 1.807) is 29.2 Å². The lowest BCUT2D eigenvalue weighted by Crippen LogP contribution is -2.44. The predicted molar refractivity (Wildman–Crippen MR) is 122 cm³/mol. The Hall–Kier alpha value is -3.43. The van der Waals surface area contributed by atoms with E-state index in [4.69, 9.17) is 4.74 Å². The smallest absolute Gasteiger partial charge is 0.328 e. The molecule has 2 unspecified atom stereocenters. The maximum absolute atomic E-state index is 14.1. The van der Waals surface area contributed by atoms with Crippen molar-refractivity contribution in [3.8, 4) is 5.75 Å². The normalized spacial score (nSPS) is 23.0. The molecule has 0 spiro atoms. The summed E-state index contributed by atoms with van der Waals surface area (Å²) in [5.41, 5.74) is 3.02. The Balaban J connectivity index is 1.40. The molecule has 0 radical (unpaired) electrons. The number of hydrogen-bond acceptors (Lipinski definition) is 5. The van der Waals surface area contributed by atoms with E-state index in [0.29, 0.717) is 43.7 Å². The molecule has 3 aromatic rings. The monoisotopic (exact) mass is 464 g/mol. The average Bonchev–Trinajstić information content (AvgIpc) is 3.31. The summed E-state index contributed by atoms with van der Waals surface area (Å²) in [6.07, 6.45) is 0.312. The number of imide groups is 1. The number of aromatic nitrogens is 1. The molecule has 3 aliphatic rings. The van der Waals surface area contributed by atoms with E-state index in [1.165, 1.54) is 17.0 Å². The number of aromatic hydroxyl groups is 1. The van der Waals surface area contributed by atoms with Gasteiger partial charge in [-0.05, 0) is 41.5 Å². The van der Waals surface area contributed by atoms with Gasteiger partial charge in [0.2, 0.25) is 0 Å². The molecule has 6 rings (SSSR count). The number of urea groups is 1. The van der Waals surface area contributed by atoms with Crippen molar-refractivity contribution >= 4 is 22.8 Å². The Kier molecular flexibility index (Phi) is 5.04. The summed E-state index contributed by atoms with van der Waals surface area (Å²) in [6.45, 7) is 3.75. The molecular formula is C25H25FN4O4. The third-order valence-corrected chi connectivity index (χ3v) is 7.12. The minimum Gasteiger partial charge on any atom is -0.508 e. The van der Waals surface area contributed by atoms with Crippen LogP contribution in [0.25, 0.3) is 10.9 Å². The zero-order valence-electron chi connectivity index (χ0n) is 18.5. The quantitative estimate of drug-likeness (QED) is 0.580. The van der Waals surface area contributed by atoms with Crippen LogP contribution in [-0.2, 0) is 16.0 Å². The molecule has 2 saturated heterocycles. The number of rotatable bonds is 4. The molecule has 34 heavy (non-hydrogen) atoms. The van der Waals surface area contributed by atoms with Crippen LogP contribution < -0.4 is 0 Å². The van der Waals surface area contributed by atoms with Crippen LogP contribution in [-0.4, -0.2) is 82.2 Å². The van der Waals surface area contributed by atoms with Crippen LogP contribution in [0.15, 0.2) is 42.5 Å². The summed E-state index contributed by atoms with van der Waals surface area (Å²) in [4.78, 5) is 35.6. The molecule has 1 aromatic heterocycles. The number of hydrogen-bond donors (Lipinski definition) is 2. The number of halogens is 1. The first-order valence-electron chi connectivity index (χ1n) is 11.5. The highest BCUT2D eigenvalue weighted by atomic mass is 19.1. The van der Waals surface area contributed by atoms with Crippen molar-refractivity contribution in [3.05, 3.63) is 65.1 Å². The van der Waals surface area contributed by atoms with E-state index in [1.807, 2.05) is 6.07 Å². The molecule has 2 fully saturated rings. The van der Waals surface area contributed by atoms with Gasteiger partial charge in [-0.25, -0.2) is 9.18 Å². The lowest BCUT2D eigenvalue weighted by molar-refractivity contribution is -0.128. The number of ether oxygens (including phenoxy) is 1. The lowest BCUT2D eigenvalue weighted by Gasteiger charge is -2.36. The molecule has 9 heteroatoms. The second-order valence-corrected chi connectivity index (χ2v) is 9.06. The number of aromatic amines is 1. The number of phenolic OH excluding ortho intramolecular Hbond substituents is 1. The molecule has 2 atom stereocenters. The van der Waals surface area contributed by atoms with Gasteiger partial charge in [-0.3, -0.25) is 19.5 Å². The summed E-state index contributed by atoms with van der Waals surface area (Å²) >= 11 is 0. The molecule has 0 bridgehead atoms. The summed E-state index contributed by atoms with van der Waals surface area (Å²) in [5, 5.41) is 10.9. The van der Waals surface area contributed by atoms with E-state index < -0.39 is 12.1 Å². The Morgan fingerprint density at radius 1 is 1.09 bits per heavy atom. The number of carbonyl (C=O) groups excluding carboxylic acids is 2. The van der Waals surface area contributed by atoms with Crippen LogP contribution in [0.4, 0.5) is 9.18 Å². The number of amides is 3. The minimum atomic E-state index is -0.681. The second kappa shape index (κ2) is 8.11. The van der Waals surface area contributed by atoms with Crippen LogP contribution >= 0.6 is 0 Å². The summed E-state index contributed by atoms with van der Waals surface area (Å²) in [5.74, 6) is -0.517. The lowest BCUT2D eigenvalue weighted by atomic mass is 9.89. The SMILES string of the molecule is O=C1C2Cc3c([nH]c4ccc(F)cc34)C(c3cccc(O)c3)N2C(=O)N1CCN1CCOCC1. The van der Waals surface area contributed by atoms with Crippen molar-refractivity contribution in [2.24, 2.45) is 0 Å². The topological polar surface area (TPSA) is 89.1 Å². The molecule has 2 N–H and O–H groups in total. The van der Waals surface area contributed by atoms with Gasteiger partial charge in [-0.2, -0.15) is 0 Å². The molecule has 3 amide bonds. The fourth-order valence-corrected chi connectivity index (χ4v) is 5.46. The van der Waals surface area contributed by atoms with E-state index in [-0.39, 0.29) is 23.5 Å². The van der Waals surface area contributed by atoms with Crippen molar-refractivity contribution in [2.75, 3.05) is 39.4 Å². The van der Waals surface area contributed by atoms with Crippen molar-refractivity contribution in [3.63, 3.8) is 0 Å². The molecule has 176 valence electrons. The zero-order chi connectivity index (χ0) is 23.4. The number of carbonyl (C=O) groups is 2. The van der Waals surface area contributed by atoms with Crippen LogP contribution in [0.1, 0.15) is 22.9 Å². The molecular weight excluding hydrogens is 439 g/mol. The second-order valence-electron chi connectivity index (χ2n) is 9.06. The first-order valence-corrected chi connectivity index (χ1v) is 11.5. The highest BCUT2D eigenvalue weighted by molar-refractivity contribution is 6.05. The van der Waals surface area contributed by atoms with Gasteiger partial charge in [-0.1, -0.05) is 12.1 Å².